The van der Waals surface area contributed by atoms with Crippen LogP contribution >= 0.6 is 0 Å². The van der Waals surface area contributed by atoms with Gasteiger partial charge >= 0.3 is 0 Å². The van der Waals surface area contributed by atoms with E-state index in [1.165, 1.54) is 0 Å². The zero-order valence-corrected chi connectivity index (χ0v) is 11.9. The predicted molar refractivity (Wildman–Crippen MR) is 72.6 cm³/mol. The van der Waals surface area contributed by atoms with Gasteiger partial charge in [0.1, 0.15) is 0 Å². The zero-order valence-electron chi connectivity index (χ0n) is 11.9. The summed E-state index contributed by atoms with van der Waals surface area (Å²) in [5.41, 5.74) is 0. The van der Waals surface area contributed by atoms with E-state index in [1.807, 2.05) is 13.8 Å². The van der Waals surface area contributed by atoms with Crippen molar-refractivity contribution in [2.75, 3.05) is 39.3 Å². The highest BCUT2D eigenvalue weighted by Gasteiger charge is 2.20. The summed E-state index contributed by atoms with van der Waals surface area (Å²) < 4.78 is 5.69. The molecule has 1 saturated heterocycles. The lowest BCUT2D eigenvalue weighted by Crippen LogP contribution is -2.50. The molecule has 0 aliphatic carbocycles. The van der Waals surface area contributed by atoms with Crippen molar-refractivity contribution in [1.29, 1.82) is 0 Å². The normalized spacial score (nSPS) is 22.7. The molecular formula is C13H27N3O2. The fourth-order valence-electron chi connectivity index (χ4n) is 1.99. The highest BCUT2D eigenvalue weighted by Crippen LogP contribution is 2.03. The van der Waals surface area contributed by atoms with Gasteiger partial charge in [-0.1, -0.05) is 13.8 Å². The van der Waals surface area contributed by atoms with Gasteiger partial charge in [0.2, 0.25) is 5.91 Å². The minimum Gasteiger partial charge on any atom is -0.374 e. The van der Waals surface area contributed by atoms with Crippen LogP contribution in [0.2, 0.25) is 0 Å². The molecule has 1 amide bonds. The van der Waals surface area contributed by atoms with Gasteiger partial charge in [-0.15, -0.1) is 0 Å². The molecule has 0 aromatic heterocycles. The highest BCUT2D eigenvalue weighted by atomic mass is 16.5. The summed E-state index contributed by atoms with van der Waals surface area (Å²) in [4.78, 5) is 14.0. The fourth-order valence-corrected chi connectivity index (χ4v) is 1.99. The fraction of sp³-hybridized carbons (Fsp3) is 0.923. The van der Waals surface area contributed by atoms with Gasteiger partial charge in [0.15, 0.2) is 0 Å². The molecule has 2 N–H and O–H groups in total. The monoisotopic (exact) mass is 257 g/mol. The Hall–Kier alpha value is -0.650. The summed E-state index contributed by atoms with van der Waals surface area (Å²) in [6.07, 6.45) is 1.16. The number of nitrogens with one attached hydrogen (secondary N) is 2. The third-order valence-corrected chi connectivity index (χ3v) is 3.26. The van der Waals surface area contributed by atoms with Crippen LogP contribution in [0.1, 0.15) is 27.2 Å². The van der Waals surface area contributed by atoms with E-state index in [-0.39, 0.29) is 18.1 Å². The Balaban J connectivity index is 2.20. The Bertz CT molecular complexity index is 248. The van der Waals surface area contributed by atoms with Crippen LogP contribution in [0.5, 0.6) is 0 Å². The van der Waals surface area contributed by atoms with Gasteiger partial charge in [-0.3, -0.25) is 9.69 Å². The summed E-state index contributed by atoms with van der Waals surface area (Å²) in [6, 6.07) is -0.155. The van der Waals surface area contributed by atoms with Crippen LogP contribution in [0.15, 0.2) is 0 Å². The van der Waals surface area contributed by atoms with Gasteiger partial charge in [0.25, 0.3) is 0 Å². The summed E-state index contributed by atoms with van der Waals surface area (Å²) >= 11 is 0. The zero-order chi connectivity index (χ0) is 13.4. The average Bonchev–Trinajstić information content (AvgIpc) is 2.42. The Labute approximate surface area is 110 Å². The molecule has 0 bridgehead atoms. The Morgan fingerprint density at radius 3 is 2.94 bits per heavy atom. The number of morpholine rings is 1. The van der Waals surface area contributed by atoms with E-state index in [0.717, 1.165) is 45.8 Å². The van der Waals surface area contributed by atoms with Crippen molar-refractivity contribution >= 4 is 5.91 Å². The summed E-state index contributed by atoms with van der Waals surface area (Å²) in [5, 5.41) is 6.13. The molecule has 106 valence electrons. The molecule has 0 aromatic carbocycles. The minimum absolute atomic E-state index is 0.0695. The number of hydrogen-bond acceptors (Lipinski definition) is 4. The van der Waals surface area contributed by atoms with Gasteiger partial charge in [0, 0.05) is 26.2 Å². The largest absolute Gasteiger partial charge is 0.374 e. The van der Waals surface area contributed by atoms with Gasteiger partial charge < -0.3 is 15.4 Å². The maximum atomic E-state index is 11.7. The number of amides is 1. The van der Waals surface area contributed by atoms with E-state index >= 15 is 0 Å². The van der Waals surface area contributed by atoms with Crippen LogP contribution in [0.4, 0.5) is 0 Å². The smallest absolute Gasteiger partial charge is 0.236 e. The molecule has 2 unspecified atom stereocenters. The summed E-state index contributed by atoms with van der Waals surface area (Å²) in [6.45, 7) is 11.4. The van der Waals surface area contributed by atoms with Crippen LogP contribution in [0.3, 0.4) is 0 Å². The van der Waals surface area contributed by atoms with E-state index in [2.05, 4.69) is 22.5 Å². The molecule has 0 spiro atoms. The number of nitrogens with zero attached hydrogens (tertiary/aromatic N) is 1. The third-order valence-electron chi connectivity index (χ3n) is 3.26. The van der Waals surface area contributed by atoms with Gasteiger partial charge in [0.05, 0.1) is 18.8 Å². The van der Waals surface area contributed by atoms with Gasteiger partial charge in [-0.05, 0) is 19.9 Å². The number of rotatable bonds is 7. The standard InChI is InChI=1S/C13H27N3O2/c1-4-6-14-13(17)11(3)15-9-12-10-16(5-2)7-8-18-12/h11-12,15H,4-10H2,1-3H3,(H,14,17). The average molecular weight is 257 g/mol. The van der Waals surface area contributed by atoms with Crippen molar-refractivity contribution in [3.05, 3.63) is 0 Å². The van der Waals surface area contributed by atoms with Crippen LogP contribution in [-0.4, -0.2) is 62.3 Å². The molecule has 1 rings (SSSR count). The first kappa shape index (κ1) is 15.4. The first-order chi connectivity index (χ1) is 8.67. The molecule has 0 saturated carbocycles. The first-order valence-corrected chi connectivity index (χ1v) is 7.02. The summed E-state index contributed by atoms with van der Waals surface area (Å²) in [5.74, 6) is 0.0695. The Kier molecular flexibility index (Phi) is 7.23. The quantitative estimate of drug-likeness (QED) is 0.685. The number of carbonyl (C=O) groups is 1. The molecular weight excluding hydrogens is 230 g/mol. The van der Waals surface area contributed by atoms with E-state index in [4.69, 9.17) is 4.74 Å². The van der Waals surface area contributed by atoms with Crippen LogP contribution in [-0.2, 0) is 9.53 Å². The number of likely N-dealkylation sites (N-methyl/N-ethyl adjacent to an activating group) is 1. The molecule has 5 nitrogen and oxygen atoms in total. The molecule has 1 aliphatic rings. The predicted octanol–water partition coefficient (Wildman–Crippen LogP) is 0.211. The topological polar surface area (TPSA) is 53.6 Å². The second kappa shape index (κ2) is 8.45. The molecule has 1 heterocycles. The molecule has 1 aliphatic heterocycles. The molecule has 0 radical (unpaired) electrons. The lowest BCUT2D eigenvalue weighted by molar-refractivity contribution is -0.123. The second-order valence-electron chi connectivity index (χ2n) is 4.81. The first-order valence-electron chi connectivity index (χ1n) is 7.02. The lowest BCUT2D eigenvalue weighted by atomic mass is 10.2. The van der Waals surface area contributed by atoms with E-state index < -0.39 is 0 Å². The van der Waals surface area contributed by atoms with Crippen molar-refractivity contribution in [2.45, 2.75) is 39.3 Å². The Morgan fingerprint density at radius 2 is 2.28 bits per heavy atom. The van der Waals surface area contributed by atoms with Crippen LogP contribution in [0.25, 0.3) is 0 Å². The van der Waals surface area contributed by atoms with Crippen LogP contribution in [0, 0.1) is 0 Å². The van der Waals surface area contributed by atoms with Crippen molar-refractivity contribution in [3.8, 4) is 0 Å². The van der Waals surface area contributed by atoms with E-state index in [0.29, 0.717) is 0 Å². The van der Waals surface area contributed by atoms with Crippen LogP contribution < -0.4 is 10.6 Å². The van der Waals surface area contributed by atoms with Crippen molar-refractivity contribution in [2.24, 2.45) is 0 Å². The van der Waals surface area contributed by atoms with E-state index in [9.17, 15) is 4.79 Å². The van der Waals surface area contributed by atoms with Gasteiger partial charge in [-0.25, -0.2) is 0 Å². The second-order valence-corrected chi connectivity index (χ2v) is 4.81. The van der Waals surface area contributed by atoms with Crippen molar-refractivity contribution in [1.82, 2.24) is 15.5 Å². The number of ether oxygens (including phenoxy) is 1. The number of carbonyl (C=O) groups excluding carboxylic acids is 1. The minimum atomic E-state index is -0.155. The Morgan fingerprint density at radius 1 is 1.50 bits per heavy atom. The highest BCUT2D eigenvalue weighted by molar-refractivity contribution is 5.81. The SMILES string of the molecule is CCCNC(=O)C(C)NCC1CN(CC)CCO1. The maximum Gasteiger partial charge on any atom is 0.236 e. The summed E-state index contributed by atoms with van der Waals surface area (Å²) in [7, 11) is 0. The maximum absolute atomic E-state index is 11.7. The van der Waals surface area contributed by atoms with E-state index in [1.54, 1.807) is 0 Å². The van der Waals surface area contributed by atoms with Crippen molar-refractivity contribution in [3.63, 3.8) is 0 Å². The third kappa shape index (κ3) is 5.33. The molecule has 1 fully saturated rings. The van der Waals surface area contributed by atoms with Crippen molar-refractivity contribution < 1.29 is 9.53 Å². The molecule has 0 aromatic rings. The molecule has 5 heteroatoms. The number of hydrogen-bond donors (Lipinski definition) is 2. The van der Waals surface area contributed by atoms with Gasteiger partial charge in [-0.2, -0.15) is 0 Å². The molecule has 18 heavy (non-hydrogen) atoms. The molecule has 2 atom stereocenters. The lowest BCUT2D eigenvalue weighted by Gasteiger charge is -2.32.